The maximum absolute atomic E-state index is 12.5. The summed E-state index contributed by atoms with van der Waals surface area (Å²) in [4.78, 5) is 13.4. The first-order chi connectivity index (χ1) is 14.1. The van der Waals surface area contributed by atoms with Gasteiger partial charge < -0.3 is 14.7 Å². The van der Waals surface area contributed by atoms with Crippen molar-refractivity contribution in [2.75, 3.05) is 11.4 Å². The normalized spacial score (nSPS) is 19.7. The first kappa shape index (κ1) is 22.0. The van der Waals surface area contributed by atoms with Crippen LogP contribution in [0.5, 0.6) is 5.75 Å². The number of piperidine rings is 1. The lowest BCUT2D eigenvalue weighted by atomic mass is 9.84. The Morgan fingerprint density at radius 2 is 1.77 bits per heavy atom. The van der Waals surface area contributed by atoms with Crippen molar-refractivity contribution in [2.24, 2.45) is 5.92 Å². The average molecular weight is 421 g/mol. The average Bonchev–Trinajstić information content (AvgIpc) is 2.67. The van der Waals surface area contributed by atoms with Crippen molar-refractivity contribution < 1.29 is 27.8 Å². The molecule has 0 radical (unpaired) electrons. The summed E-state index contributed by atoms with van der Waals surface area (Å²) in [5.74, 6) is -0.665. The zero-order valence-corrected chi connectivity index (χ0v) is 17.0. The van der Waals surface area contributed by atoms with Crippen LogP contribution in [0.25, 0.3) is 0 Å². The van der Waals surface area contributed by atoms with Gasteiger partial charge >= 0.3 is 12.3 Å². The number of carboxylic acid groups (broad SMARTS) is 1. The maximum atomic E-state index is 12.5. The molecule has 2 atom stereocenters. The highest BCUT2D eigenvalue weighted by Crippen LogP contribution is 2.39. The number of carbonyl (C=O) groups is 1. The van der Waals surface area contributed by atoms with Crippen LogP contribution in [-0.2, 0) is 4.79 Å². The highest BCUT2D eigenvalue weighted by atomic mass is 19.4. The molecule has 4 nitrogen and oxygen atoms in total. The minimum absolute atomic E-state index is 0.0183. The summed E-state index contributed by atoms with van der Waals surface area (Å²) in [6, 6.07) is 14.0. The second-order valence-electron chi connectivity index (χ2n) is 8.06. The Bertz CT molecular complexity index is 847. The molecule has 1 heterocycles. The van der Waals surface area contributed by atoms with Gasteiger partial charge in [0.05, 0.1) is 6.04 Å². The molecule has 1 fully saturated rings. The Morgan fingerprint density at radius 1 is 1.13 bits per heavy atom. The molecule has 0 saturated carbocycles. The Kier molecular flexibility index (Phi) is 6.58. The van der Waals surface area contributed by atoms with Gasteiger partial charge in [-0.05, 0) is 60.1 Å². The van der Waals surface area contributed by atoms with Gasteiger partial charge in [0.15, 0.2) is 0 Å². The molecule has 0 bridgehead atoms. The molecule has 1 saturated heterocycles. The zero-order valence-electron chi connectivity index (χ0n) is 17.0. The summed E-state index contributed by atoms with van der Waals surface area (Å²) in [6.07, 6.45) is -3.27. The third kappa shape index (κ3) is 5.68. The van der Waals surface area contributed by atoms with E-state index in [1.54, 1.807) is 12.1 Å². The van der Waals surface area contributed by atoms with Crippen molar-refractivity contribution in [3.63, 3.8) is 0 Å². The minimum Gasteiger partial charge on any atom is -0.481 e. The quantitative estimate of drug-likeness (QED) is 0.609. The lowest BCUT2D eigenvalue weighted by Gasteiger charge is -2.41. The molecule has 7 heteroatoms. The number of carboxylic acids is 1. The van der Waals surface area contributed by atoms with Gasteiger partial charge in [-0.1, -0.05) is 38.1 Å². The van der Waals surface area contributed by atoms with Crippen molar-refractivity contribution >= 4 is 11.7 Å². The monoisotopic (exact) mass is 421 g/mol. The van der Waals surface area contributed by atoms with E-state index >= 15 is 0 Å². The number of benzene rings is 2. The summed E-state index contributed by atoms with van der Waals surface area (Å²) < 4.78 is 41.3. The molecule has 0 aliphatic carbocycles. The predicted octanol–water partition coefficient (Wildman–Crippen LogP) is 6.14. The predicted molar refractivity (Wildman–Crippen MR) is 109 cm³/mol. The molecule has 0 spiro atoms. The minimum atomic E-state index is -4.73. The van der Waals surface area contributed by atoms with Crippen LogP contribution in [0.15, 0.2) is 48.5 Å². The smallest absolute Gasteiger partial charge is 0.481 e. The number of halogens is 3. The number of hydrogen-bond acceptors (Lipinski definition) is 3. The third-order valence-corrected chi connectivity index (χ3v) is 5.56. The SMILES string of the molecule is CC(C)c1ccc(N2CC[C@H](CC(=O)O)C[C@@H]2c2ccc(OC(F)(F)F)cc2)cc1. The van der Waals surface area contributed by atoms with Crippen LogP contribution in [0.1, 0.15) is 56.2 Å². The summed E-state index contributed by atoms with van der Waals surface area (Å²) in [5.41, 5.74) is 3.09. The van der Waals surface area contributed by atoms with E-state index in [4.69, 9.17) is 0 Å². The highest BCUT2D eigenvalue weighted by molar-refractivity contribution is 5.67. The molecule has 1 aliphatic heterocycles. The number of nitrogens with zero attached hydrogens (tertiary/aromatic N) is 1. The molecule has 1 aliphatic rings. The molecule has 2 aromatic rings. The number of ether oxygens (including phenoxy) is 1. The van der Waals surface area contributed by atoms with E-state index in [9.17, 15) is 23.1 Å². The lowest BCUT2D eigenvalue weighted by molar-refractivity contribution is -0.274. The van der Waals surface area contributed by atoms with Gasteiger partial charge in [-0.2, -0.15) is 0 Å². The summed E-state index contributed by atoms with van der Waals surface area (Å²) in [7, 11) is 0. The molecule has 1 N–H and O–H groups in total. The van der Waals surface area contributed by atoms with Crippen molar-refractivity contribution in [3.8, 4) is 5.75 Å². The summed E-state index contributed by atoms with van der Waals surface area (Å²) in [6.45, 7) is 4.93. The molecule has 0 unspecified atom stereocenters. The second kappa shape index (κ2) is 8.98. The van der Waals surface area contributed by atoms with Gasteiger partial charge in [0, 0.05) is 18.7 Å². The van der Waals surface area contributed by atoms with E-state index in [-0.39, 0.29) is 24.1 Å². The molecular weight excluding hydrogens is 395 g/mol. The fourth-order valence-corrected chi connectivity index (χ4v) is 4.04. The van der Waals surface area contributed by atoms with E-state index < -0.39 is 12.3 Å². The van der Waals surface area contributed by atoms with Crippen LogP contribution in [0, 0.1) is 5.92 Å². The number of anilines is 1. The van der Waals surface area contributed by atoms with Crippen molar-refractivity contribution in [1.29, 1.82) is 0 Å². The van der Waals surface area contributed by atoms with E-state index in [0.29, 0.717) is 18.9 Å². The van der Waals surface area contributed by atoms with Gasteiger partial charge in [-0.25, -0.2) is 0 Å². The number of aliphatic carboxylic acids is 1. The first-order valence-electron chi connectivity index (χ1n) is 10.1. The van der Waals surface area contributed by atoms with Gasteiger partial charge in [0.2, 0.25) is 0 Å². The fourth-order valence-electron chi connectivity index (χ4n) is 4.04. The van der Waals surface area contributed by atoms with E-state index in [1.165, 1.54) is 17.7 Å². The Morgan fingerprint density at radius 3 is 2.30 bits per heavy atom. The standard InChI is InChI=1S/C23H26F3NO3/c1-15(2)17-3-7-19(8-4-17)27-12-11-16(14-22(28)29)13-21(27)18-5-9-20(10-6-18)30-23(24,25)26/h3-10,15-16,21H,11-14H2,1-2H3,(H,28,29)/t16-,21+/m0/s1. The van der Waals surface area contributed by atoms with Crippen molar-refractivity contribution in [2.45, 2.75) is 51.4 Å². The van der Waals surface area contributed by atoms with E-state index in [1.807, 2.05) is 0 Å². The van der Waals surface area contributed by atoms with Gasteiger partial charge in [0.25, 0.3) is 0 Å². The molecule has 0 amide bonds. The van der Waals surface area contributed by atoms with Gasteiger partial charge in [-0.3, -0.25) is 4.79 Å². The van der Waals surface area contributed by atoms with Crippen LogP contribution in [0.2, 0.25) is 0 Å². The third-order valence-electron chi connectivity index (χ3n) is 5.56. The molecule has 3 rings (SSSR count). The lowest BCUT2D eigenvalue weighted by Crippen LogP contribution is -2.37. The Hall–Kier alpha value is -2.70. The first-order valence-corrected chi connectivity index (χ1v) is 10.1. The highest BCUT2D eigenvalue weighted by Gasteiger charge is 2.33. The number of alkyl halides is 3. The summed E-state index contributed by atoms with van der Waals surface area (Å²) >= 11 is 0. The molecular formula is C23H26F3NO3. The maximum Gasteiger partial charge on any atom is 0.573 e. The topological polar surface area (TPSA) is 49.8 Å². The van der Waals surface area contributed by atoms with E-state index in [0.717, 1.165) is 17.7 Å². The van der Waals surface area contributed by atoms with Crippen molar-refractivity contribution in [3.05, 3.63) is 59.7 Å². The van der Waals surface area contributed by atoms with Crippen molar-refractivity contribution in [1.82, 2.24) is 0 Å². The number of hydrogen-bond donors (Lipinski definition) is 1. The molecule has 2 aromatic carbocycles. The van der Waals surface area contributed by atoms with Gasteiger partial charge in [0.1, 0.15) is 5.75 Å². The van der Waals surface area contributed by atoms with Crippen LogP contribution < -0.4 is 9.64 Å². The van der Waals surface area contributed by atoms with Gasteiger partial charge in [-0.15, -0.1) is 13.2 Å². The largest absolute Gasteiger partial charge is 0.573 e. The van der Waals surface area contributed by atoms with Crippen LogP contribution >= 0.6 is 0 Å². The van der Waals surface area contributed by atoms with Crippen LogP contribution in [-0.4, -0.2) is 24.0 Å². The second-order valence-corrected chi connectivity index (χ2v) is 8.06. The molecule has 0 aromatic heterocycles. The van der Waals surface area contributed by atoms with Crippen LogP contribution in [0.4, 0.5) is 18.9 Å². The fraction of sp³-hybridized carbons (Fsp3) is 0.435. The Labute approximate surface area is 174 Å². The number of rotatable bonds is 6. The molecule has 162 valence electrons. The summed E-state index contributed by atoms with van der Waals surface area (Å²) in [5, 5.41) is 9.20. The zero-order chi connectivity index (χ0) is 21.9. The van der Waals surface area contributed by atoms with Crippen LogP contribution in [0.3, 0.4) is 0 Å². The van der Waals surface area contributed by atoms with E-state index in [2.05, 4.69) is 47.7 Å². The molecule has 30 heavy (non-hydrogen) atoms. The Balaban J connectivity index is 1.86.